The Morgan fingerprint density at radius 1 is 1.00 bits per heavy atom. The summed E-state index contributed by atoms with van der Waals surface area (Å²) in [5, 5.41) is 10.5. The minimum absolute atomic E-state index is 0.273. The number of hydrogen-bond acceptors (Lipinski definition) is 7. The molecule has 30 heavy (non-hydrogen) atoms. The molecule has 2 atom stereocenters. The van der Waals surface area contributed by atoms with Gasteiger partial charge in [0.05, 0.1) is 11.8 Å². The highest BCUT2D eigenvalue weighted by atomic mass is 127. The van der Waals surface area contributed by atoms with Crippen LogP contribution in [0.4, 0.5) is 0 Å². The van der Waals surface area contributed by atoms with E-state index in [1.165, 1.54) is 0 Å². The Bertz CT molecular complexity index is 877. The van der Waals surface area contributed by atoms with Crippen molar-refractivity contribution in [2.24, 2.45) is 17.3 Å². The van der Waals surface area contributed by atoms with Gasteiger partial charge in [0.25, 0.3) is 0 Å². The molecule has 5 rings (SSSR count). The van der Waals surface area contributed by atoms with Crippen molar-refractivity contribution in [2.75, 3.05) is 0 Å². The molecule has 1 aromatic rings. The molecule has 2 unspecified atom stereocenters. The normalized spacial score (nSPS) is 31.2. The maximum Gasteiger partial charge on any atom is 0.317 e. The van der Waals surface area contributed by atoms with E-state index in [2.05, 4.69) is 22.6 Å². The van der Waals surface area contributed by atoms with E-state index in [0.717, 1.165) is 22.8 Å². The number of benzene rings is 1. The van der Waals surface area contributed by atoms with Crippen molar-refractivity contribution in [3.63, 3.8) is 0 Å². The van der Waals surface area contributed by atoms with Crippen molar-refractivity contribution in [1.29, 1.82) is 0 Å². The Balaban J connectivity index is 1.46. The third kappa shape index (κ3) is 4.24. The van der Waals surface area contributed by atoms with Crippen LogP contribution in [0.2, 0.25) is 0 Å². The standard InChI is InChI=1S/C22H23IO7/c23-15-1-3-16(4-2-15)29-20(28)21-8-13-7-14(9-21)11-22(10-13,12-21)30-18(25)6-5-17(24)19(26)27/h1-4,13-14H,5-12H2,(H,26,27)/p-1. The average Bonchev–Trinajstić information content (AvgIpc) is 2.66. The van der Waals surface area contributed by atoms with Gasteiger partial charge in [0.1, 0.15) is 17.3 Å². The Labute approximate surface area is 187 Å². The highest BCUT2D eigenvalue weighted by molar-refractivity contribution is 14.1. The number of carboxylic acid groups (broad SMARTS) is 1. The second kappa shape index (κ2) is 7.94. The lowest BCUT2D eigenvalue weighted by Crippen LogP contribution is -2.60. The molecule has 4 fully saturated rings. The fraction of sp³-hybridized carbons (Fsp3) is 0.545. The largest absolute Gasteiger partial charge is 0.542 e. The van der Waals surface area contributed by atoms with Crippen molar-refractivity contribution in [1.82, 2.24) is 0 Å². The number of aliphatic carboxylic acids is 1. The average molecular weight is 525 g/mol. The summed E-state index contributed by atoms with van der Waals surface area (Å²) in [6, 6.07) is 7.29. The zero-order valence-electron chi connectivity index (χ0n) is 16.4. The zero-order valence-corrected chi connectivity index (χ0v) is 18.5. The Hall–Kier alpha value is -1.97. The van der Waals surface area contributed by atoms with Crippen LogP contribution < -0.4 is 9.84 Å². The third-order valence-electron chi connectivity index (χ3n) is 6.58. The maximum atomic E-state index is 13.2. The minimum atomic E-state index is -1.80. The van der Waals surface area contributed by atoms with Crippen molar-refractivity contribution < 1.29 is 33.8 Å². The number of carbonyl (C=O) groups is 4. The Morgan fingerprint density at radius 2 is 1.63 bits per heavy atom. The molecule has 7 nitrogen and oxygen atoms in total. The van der Waals surface area contributed by atoms with Crippen LogP contribution in [0.3, 0.4) is 0 Å². The number of carbonyl (C=O) groups excluding carboxylic acids is 4. The first-order valence-corrected chi connectivity index (χ1v) is 11.2. The highest BCUT2D eigenvalue weighted by Crippen LogP contribution is 2.63. The molecular weight excluding hydrogens is 503 g/mol. The molecule has 160 valence electrons. The molecule has 0 saturated heterocycles. The molecule has 1 aromatic carbocycles. The fourth-order valence-electron chi connectivity index (χ4n) is 5.86. The van der Waals surface area contributed by atoms with Crippen molar-refractivity contribution in [2.45, 2.75) is 57.0 Å². The number of esters is 2. The topological polar surface area (TPSA) is 110 Å². The third-order valence-corrected chi connectivity index (χ3v) is 7.30. The number of halogens is 1. The van der Waals surface area contributed by atoms with Gasteiger partial charge in [-0.25, -0.2) is 0 Å². The molecular formula is C22H22IO7-. The molecule has 8 heteroatoms. The Kier molecular flexibility index (Phi) is 5.63. The molecule has 0 heterocycles. The first kappa shape index (κ1) is 21.3. The molecule has 0 aliphatic heterocycles. The van der Waals surface area contributed by atoms with Gasteiger partial charge < -0.3 is 19.4 Å². The van der Waals surface area contributed by atoms with Crippen LogP contribution in [0.1, 0.15) is 51.4 Å². The summed E-state index contributed by atoms with van der Waals surface area (Å²) in [5.41, 5.74) is -1.41. The Morgan fingerprint density at radius 3 is 2.23 bits per heavy atom. The van der Waals surface area contributed by atoms with E-state index in [0.29, 0.717) is 25.0 Å². The fourth-order valence-corrected chi connectivity index (χ4v) is 6.22. The molecule has 4 saturated carbocycles. The summed E-state index contributed by atoms with van der Waals surface area (Å²) >= 11 is 2.18. The smallest absolute Gasteiger partial charge is 0.317 e. The van der Waals surface area contributed by atoms with E-state index in [9.17, 15) is 24.3 Å². The monoisotopic (exact) mass is 525 g/mol. The highest BCUT2D eigenvalue weighted by Gasteiger charge is 2.63. The van der Waals surface area contributed by atoms with Gasteiger partial charge in [-0.2, -0.15) is 0 Å². The lowest BCUT2D eigenvalue weighted by atomic mass is 9.48. The van der Waals surface area contributed by atoms with E-state index in [1.807, 2.05) is 12.1 Å². The van der Waals surface area contributed by atoms with Gasteiger partial charge in [0, 0.05) is 16.4 Å². The number of ketones is 1. The van der Waals surface area contributed by atoms with Crippen LogP contribution in [0.25, 0.3) is 0 Å². The lowest BCUT2D eigenvalue weighted by molar-refractivity contribution is -0.300. The number of rotatable bonds is 7. The lowest BCUT2D eigenvalue weighted by Gasteiger charge is -2.59. The van der Waals surface area contributed by atoms with Crippen LogP contribution in [-0.2, 0) is 23.9 Å². The van der Waals surface area contributed by atoms with Crippen molar-refractivity contribution in [3.8, 4) is 5.75 Å². The van der Waals surface area contributed by atoms with E-state index >= 15 is 0 Å². The predicted octanol–water partition coefficient (Wildman–Crippen LogP) is 2.18. The van der Waals surface area contributed by atoms with Gasteiger partial charge in [0.15, 0.2) is 5.78 Å². The summed E-state index contributed by atoms with van der Waals surface area (Å²) in [6.45, 7) is 0. The number of ether oxygens (including phenoxy) is 2. The van der Waals surface area contributed by atoms with E-state index in [4.69, 9.17) is 9.47 Å². The van der Waals surface area contributed by atoms with E-state index in [1.54, 1.807) is 12.1 Å². The second-order valence-electron chi connectivity index (χ2n) is 8.95. The summed E-state index contributed by atoms with van der Waals surface area (Å²) in [5.74, 6) is -2.72. The minimum Gasteiger partial charge on any atom is -0.542 e. The zero-order chi connectivity index (χ0) is 21.5. The van der Waals surface area contributed by atoms with Crippen molar-refractivity contribution >= 4 is 46.3 Å². The van der Waals surface area contributed by atoms with E-state index in [-0.39, 0.29) is 24.2 Å². The first-order valence-electron chi connectivity index (χ1n) is 10.1. The van der Waals surface area contributed by atoms with Gasteiger partial charge in [-0.3, -0.25) is 14.4 Å². The molecule has 4 aliphatic carbocycles. The number of Topliss-reactive ketones (excluding diaryl/α,β-unsaturated/α-hetero) is 1. The molecule has 0 radical (unpaired) electrons. The second-order valence-corrected chi connectivity index (χ2v) is 10.2. The molecule has 0 aromatic heterocycles. The molecule has 0 N–H and O–H groups in total. The van der Waals surface area contributed by atoms with Gasteiger partial charge in [0.2, 0.25) is 0 Å². The van der Waals surface area contributed by atoms with Crippen molar-refractivity contribution in [3.05, 3.63) is 27.8 Å². The van der Waals surface area contributed by atoms with Crippen LogP contribution in [0, 0.1) is 20.8 Å². The predicted molar refractivity (Wildman–Crippen MR) is 110 cm³/mol. The molecule has 0 amide bonds. The summed E-state index contributed by atoms with van der Waals surface area (Å²) in [4.78, 5) is 47.3. The van der Waals surface area contributed by atoms with Crippen LogP contribution >= 0.6 is 22.6 Å². The number of hydrogen-bond donors (Lipinski definition) is 0. The van der Waals surface area contributed by atoms with Gasteiger partial charge in [-0.15, -0.1) is 0 Å². The van der Waals surface area contributed by atoms with E-state index < -0.39 is 35.2 Å². The van der Waals surface area contributed by atoms with Gasteiger partial charge >= 0.3 is 11.9 Å². The maximum absolute atomic E-state index is 13.2. The summed E-state index contributed by atoms with van der Waals surface area (Å²) < 4.78 is 12.6. The quantitative estimate of drug-likeness (QED) is 0.232. The van der Waals surface area contributed by atoms with Crippen LogP contribution in [0.15, 0.2) is 24.3 Å². The molecule has 4 aliphatic rings. The number of carboxylic acids is 1. The van der Waals surface area contributed by atoms with Crippen LogP contribution in [0.5, 0.6) is 5.75 Å². The van der Waals surface area contributed by atoms with Crippen LogP contribution in [-0.4, -0.2) is 29.3 Å². The van der Waals surface area contributed by atoms with Gasteiger partial charge in [-0.1, -0.05) is 0 Å². The van der Waals surface area contributed by atoms with Gasteiger partial charge in [-0.05, 0) is 90.8 Å². The summed E-state index contributed by atoms with van der Waals surface area (Å²) in [6.07, 6.45) is 3.54. The molecule has 0 spiro atoms. The summed E-state index contributed by atoms with van der Waals surface area (Å²) in [7, 11) is 0. The first-order chi connectivity index (χ1) is 14.2. The molecule has 4 bridgehead atoms. The SMILES string of the molecule is O=C(CCC(=O)C(=O)[O-])OC12CC3CC(C1)CC(C(=O)Oc1ccc(I)cc1)(C3)C2.